The molecule has 0 fully saturated rings. The number of benzene rings is 1. The van der Waals surface area contributed by atoms with Gasteiger partial charge in [-0.3, -0.25) is 14.4 Å². The summed E-state index contributed by atoms with van der Waals surface area (Å²) < 4.78 is 4.60. The molecule has 8 heteroatoms. The molecule has 158 valence electrons. The first-order valence-corrected chi connectivity index (χ1v) is 9.72. The van der Waals surface area contributed by atoms with Gasteiger partial charge in [-0.05, 0) is 44.0 Å². The molecule has 0 saturated heterocycles. The predicted molar refractivity (Wildman–Crippen MR) is 109 cm³/mol. The summed E-state index contributed by atoms with van der Waals surface area (Å²) in [5, 5.41) is 14.4. The molecule has 8 nitrogen and oxygen atoms in total. The Bertz CT molecular complexity index is 739. The lowest BCUT2D eigenvalue weighted by Gasteiger charge is -2.11. The largest absolute Gasteiger partial charge is 0.478 e. The topological polar surface area (TPSA) is 113 Å². The Kier molecular flexibility index (Phi) is 10.3. The fourth-order valence-electron chi connectivity index (χ4n) is 2.60. The number of ketones is 1. The summed E-state index contributed by atoms with van der Waals surface area (Å²) in [6.45, 7) is 6.01. The molecule has 1 heterocycles. The standard InChI is InChI=1S/C13H14N2O3.C8H14O3/c1-2-3-10-8-12(16)15(14-10)11-6-4-9(5-7-11)13(17)18;1-3-5-7(9)6-8(10)11-4-2/h4-7H,2-3,8H2,1H3,(H,17,18);3-6H2,1-2H3. The van der Waals surface area contributed by atoms with Crippen LogP contribution < -0.4 is 5.01 Å². The van der Waals surface area contributed by atoms with Crippen molar-refractivity contribution in [3.8, 4) is 0 Å². The van der Waals surface area contributed by atoms with E-state index >= 15 is 0 Å². The van der Waals surface area contributed by atoms with Crippen LogP contribution in [-0.2, 0) is 19.1 Å². The molecule has 0 aliphatic carbocycles. The maximum Gasteiger partial charge on any atom is 0.335 e. The molecule has 0 unspecified atom stereocenters. The number of carbonyl (C=O) groups is 4. The van der Waals surface area contributed by atoms with Gasteiger partial charge in [-0.1, -0.05) is 20.3 Å². The molecule has 1 N–H and O–H groups in total. The zero-order valence-corrected chi connectivity index (χ0v) is 17.1. The van der Waals surface area contributed by atoms with E-state index in [4.69, 9.17) is 5.11 Å². The minimum absolute atomic E-state index is 0.0362. The lowest BCUT2D eigenvalue weighted by Crippen LogP contribution is -2.19. The smallest absolute Gasteiger partial charge is 0.335 e. The van der Waals surface area contributed by atoms with Crippen molar-refractivity contribution >= 4 is 35.0 Å². The van der Waals surface area contributed by atoms with Gasteiger partial charge in [0.05, 0.1) is 24.3 Å². The average molecular weight is 404 g/mol. The van der Waals surface area contributed by atoms with Crippen LogP contribution in [0.15, 0.2) is 29.4 Å². The Hall–Kier alpha value is -3.03. The van der Waals surface area contributed by atoms with Crippen LogP contribution in [0.5, 0.6) is 0 Å². The van der Waals surface area contributed by atoms with Gasteiger partial charge >= 0.3 is 11.9 Å². The van der Waals surface area contributed by atoms with Crippen molar-refractivity contribution in [1.29, 1.82) is 0 Å². The van der Waals surface area contributed by atoms with Crippen LogP contribution in [0.25, 0.3) is 0 Å². The van der Waals surface area contributed by atoms with Crippen LogP contribution in [0.3, 0.4) is 0 Å². The van der Waals surface area contributed by atoms with E-state index in [-0.39, 0.29) is 23.7 Å². The van der Waals surface area contributed by atoms with Crippen LogP contribution in [-0.4, -0.2) is 41.1 Å². The number of carboxylic acid groups (broad SMARTS) is 1. The fraction of sp³-hybridized carbons (Fsp3) is 0.476. The Balaban J connectivity index is 0.000000331. The SMILES string of the molecule is CCCC(=O)CC(=O)OCC.CCCC1=NN(c2ccc(C(=O)O)cc2)C(=O)C1. The molecule has 0 radical (unpaired) electrons. The molecule has 0 aromatic heterocycles. The number of anilines is 1. The van der Waals surface area contributed by atoms with Crippen molar-refractivity contribution < 1.29 is 29.0 Å². The van der Waals surface area contributed by atoms with Crippen molar-refractivity contribution in [2.75, 3.05) is 11.6 Å². The summed E-state index contributed by atoms with van der Waals surface area (Å²) in [6.07, 6.45) is 3.32. The number of rotatable bonds is 9. The fourth-order valence-corrected chi connectivity index (χ4v) is 2.60. The van der Waals surface area contributed by atoms with E-state index in [1.54, 1.807) is 19.1 Å². The van der Waals surface area contributed by atoms with Gasteiger partial charge in [0.25, 0.3) is 5.91 Å². The third-order valence-electron chi connectivity index (χ3n) is 3.91. The van der Waals surface area contributed by atoms with E-state index in [9.17, 15) is 19.2 Å². The molecule has 0 saturated carbocycles. The molecule has 1 aromatic carbocycles. The number of hydrazone groups is 1. The highest BCUT2D eigenvalue weighted by Gasteiger charge is 2.24. The lowest BCUT2D eigenvalue weighted by molar-refractivity contribution is -0.145. The number of esters is 1. The van der Waals surface area contributed by atoms with Crippen molar-refractivity contribution in [3.05, 3.63) is 29.8 Å². The van der Waals surface area contributed by atoms with Crippen LogP contribution in [0.1, 0.15) is 69.7 Å². The third kappa shape index (κ3) is 8.25. The zero-order valence-electron chi connectivity index (χ0n) is 17.1. The summed E-state index contributed by atoms with van der Waals surface area (Å²) in [5.74, 6) is -1.50. The molecular formula is C21H28N2O6. The van der Waals surface area contributed by atoms with Gasteiger partial charge in [0.1, 0.15) is 12.2 Å². The van der Waals surface area contributed by atoms with Crippen LogP contribution in [0.2, 0.25) is 0 Å². The number of nitrogens with zero attached hydrogens (tertiary/aromatic N) is 2. The number of aromatic carboxylic acids is 1. The highest BCUT2D eigenvalue weighted by atomic mass is 16.5. The normalized spacial score (nSPS) is 12.7. The predicted octanol–water partition coefficient (Wildman–Crippen LogP) is 3.59. The second kappa shape index (κ2) is 12.4. The van der Waals surface area contributed by atoms with E-state index in [0.717, 1.165) is 25.0 Å². The Morgan fingerprint density at radius 3 is 2.28 bits per heavy atom. The number of ether oxygens (including phenoxy) is 1. The quantitative estimate of drug-likeness (QED) is 0.497. The molecule has 1 aliphatic rings. The highest BCUT2D eigenvalue weighted by molar-refractivity contribution is 6.13. The summed E-state index contributed by atoms with van der Waals surface area (Å²) >= 11 is 0. The number of carbonyl (C=O) groups excluding carboxylic acids is 3. The summed E-state index contributed by atoms with van der Waals surface area (Å²) in [5.41, 5.74) is 1.68. The molecular weight excluding hydrogens is 376 g/mol. The Morgan fingerprint density at radius 2 is 1.76 bits per heavy atom. The van der Waals surface area contributed by atoms with Gasteiger partial charge in [-0.15, -0.1) is 0 Å². The van der Waals surface area contributed by atoms with Gasteiger partial charge < -0.3 is 9.84 Å². The van der Waals surface area contributed by atoms with E-state index in [1.807, 2.05) is 13.8 Å². The summed E-state index contributed by atoms with van der Waals surface area (Å²) in [6, 6.07) is 6.13. The second-order valence-corrected chi connectivity index (χ2v) is 6.42. The maximum atomic E-state index is 11.8. The van der Waals surface area contributed by atoms with Gasteiger partial charge in [0, 0.05) is 12.1 Å². The summed E-state index contributed by atoms with van der Waals surface area (Å²) in [7, 11) is 0. The number of hydrogen-bond acceptors (Lipinski definition) is 6. The molecule has 2 rings (SSSR count). The average Bonchev–Trinajstić information content (AvgIpc) is 3.03. The van der Waals surface area contributed by atoms with Crippen molar-refractivity contribution in [2.45, 2.75) is 59.3 Å². The molecule has 29 heavy (non-hydrogen) atoms. The van der Waals surface area contributed by atoms with Gasteiger partial charge in [0.2, 0.25) is 0 Å². The number of Topliss-reactive ketones (excluding diaryl/α,β-unsaturated/α-hetero) is 1. The minimum Gasteiger partial charge on any atom is -0.478 e. The van der Waals surface area contributed by atoms with Gasteiger partial charge in [-0.25, -0.2) is 9.80 Å². The zero-order chi connectivity index (χ0) is 21.8. The molecule has 0 spiro atoms. The number of hydrogen-bond donors (Lipinski definition) is 1. The third-order valence-corrected chi connectivity index (χ3v) is 3.91. The van der Waals surface area contributed by atoms with Crippen molar-refractivity contribution in [3.63, 3.8) is 0 Å². The van der Waals surface area contributed by atoms with E-state index in [1.165, 1.54) is 17.1 Å². The molecule has 0 atom stereocenters. The van der Waals surface area contributed by atoms with E-state index < -0.39 is 11.9 Å². The lowest BCUT2D eigenvalue weighted by atomic mass is 10.1. The Morgan fingerprint density at radius 1 is 1.10 bits per heavy atom. The monoisotopic (exact) mass is 404 g/mol. The van der Waals surface area contributed by atoms with E-state index in [0.29, 0.717) is 25.1 Å². The molecule has 1 amide bonds. The van der Waals surface area contributed by atoms with Crippen LogP contribution in [0.4, 0.5) is 5.69 Å². The van der Waals surface area contributed by atoms with Gasteiger partial charge in [0.15, 0.2) is 0 Å². The second-order valence-electron chi connectivity index (χ2n) is 6.42. The highest BCUT2D eigenvalue weighted by Crippen LogP contribution is 2.22. The number of carboxylic acids is 1. The van der Waals surface area contributed by atoms with Crippen molar-refractivity contribution in [2.24, 2.45) is 5.10 Å². The van der Waals surface area contributed by atoms with E-state index in [2.05, 4.69) is 9.84 Å². The Labute approximate surface area is 170 Å². The molecule has 1 aromatic rings. The first-order chi connectivity index (χ1) is 13.8. The minimum atomic E-state index is -0.982. The molecule has 1 aliphatic heterocycles. The van der Waals surface area contributed by atoms with Crippen LogP contribution in [0, 0.1) is 0 Å². The van der Waals surface area contributed by atoms with Crippen LogP contribution >= 0.6 is 0 Å². The first kappa shape index (κ1) is 24.0. The van der Waals surface area contributed by atoms with Crippen molar-refractivity contribution in [1.82, 2.24) is 0 Å². The maximum absolute atomic E-state index is 11.8. The first-order valence-electron chi connectivity index (χ1n) is 9.72. The molecule has 0 bridgehead atoms. The summed E-state index contributed by atoms with van der Waals surface area (Å²) in [4.78, 5) is 44.0. The number of amides is 1. The van der Waals surface area contributed by atoms with Gasteiger partial charge in [-0.2, -0.15) is 5.10 Å².